The minimum Gasteiger partial charge on any atom is -0.477 e. The molecule has 17 heteroatoms. The van der Waals surface area contributed by atoms with Crippen LogP contribution in [0.1, 0.15) is 49.5 Å². The normalized spacial score (nSPS) is 16.0. The van der Waals surface area contributed by atoms with Gasteiger partial charge in [0.15, 0.2) is 17.6 Å². The van der Waals surface area contributed by atoms with Crippen molar-refractivity contribution in [1.82, 2.24) is 20.6 Å². The van der Waals surface area contributed by atoms with Gasteiger partial charge in [0, 0.05) is 37.8 Å². The number of nitrogens with zero attached hydrogens (tertiary/aromatic N) is 2. The molecular formula is C28H27F7N6O4. The summed E-state index contributed by atoms with van der Waals surface area (Å²) in [4.78, 5) is 32.3. The highest BCUT2D eigenvalue weighted by atomic mass is 19.4. The van der Waals surface area contributed by atoms with E-state index in [1.165, 1.54) is 13.0 Å². The lowest BCUT2D eigenvalue weighted by Crippen LogP contribution is -2.33. The van der Waals surface area contributed by atoms with Crippen LogP contribution < -0.4 is 26.4 Å². The van der Waals surface area contributed by atoms with Crippen LogP contribution in [0.2, 0.25) is 0 Å². The van der Waals surface area contributed by atoms with Gasteiger partial charge in [0.1, 0.15) is 17.1 Å². The number of aromatic nitrogens is 2. The highest BCUT2D eigenvalue weighted by molar-refractivity contribution is 6.03. The van der Waals surface area contributed by atoms with Crippen molar-refractivity contribution in [2.75, 3.05) is 30.7 Å². The summed E-state index contributed by atoms with van der Waals surface area (Å²) in [6.07, 6.45) is -9.50. The summed E-state index contributed by atoms with van der Waals surface area (Å²) in [6, 6.07) is 1.89. The van der Waals surface area contributed by atoms with Gasteiger partial charge >= 0.3 is 12.1 Å². The van der Waals surface area contributed by atoms with Crippen LogP contribution in [0.15, 0.2) is 18.3 Å². The van der Waals surface area contributed by atoms with E-state index in [2.05, 4.69) is 25.9 Å². The van der Waals surface area contributed by atoms with E-state index in [-0.39, 0.29) is 49.4 Å². The molecule has 0 aliphatic carbocycles. The maximum atomic E-state index is 16.4. The number of carboxylic acids is 1. The van der Waals surface area contributed by atoms with E-state index in [0.717, 1.165) is 13.1 Å². The summed E-state index contributed by atoms with van der Waals surface area (Å²) in [6.45, 7) is 1.94. The number of fused-ring (bicyclic) bond motifs is 1. The lowest BCUT2D eigenvalue weighted by molar-refractivity contribution is -0.137. The Balaban J connectivity index is 2.00. The molecule has 3 heterocycles. The molecule has 0 radical (unpaired) electrons. The number of nitrogens with one attached hydrogen (secondary N) is 3. The van der Waals surface area contributed by atoms with Crippen LogP contribution in [-0.2, 0) is 12.7 Å². The first-order chi connectivity index (χ1) is 21.1. The fourth-order valence-electron chi connectivity index (χ4n) is 4.80. The molecule has 0 fully saturated rings. The largest absolute Gasteiger partial charge is 0.477 e. The second-order valence-electron chi connectivity index (χ2n) is 10.1. The maximum Gasteiger partial charge on any atom is 0.417 e. The van der Waals surface area contributed by atoms with E-state index >= 15 is 4.39 Å². The summed E-state index contributed by atoms with van der Waals surface area (Å²) in [5.41, 5.74) is -1.21. The van der Waals surface area contributed by atoms with Crippen LogP contribution in [0, 0.1) is 25.5 Å². The number of halogens is 7. The molecule has 10 nitrogen and oxygen atoms in total. The molecule has 1 aromatic carbocycles. The number of aryl methyl sites for hydroxylation is 1. The lowest BCUT2D eigenvalue weighted by atomic mass is 9.95. The zero-order chi connectivity index (χ0) is 33.2. The molecule has 0 unspecified atom stereocenters. The van der Waals surface area contributed by atoms with Crippen LogP contribution in [-0.4, -0.2) is 59.1 Å². The first-order valence-corrected chi connectivity index (χ1v) is 13.4. The molecule has 0 spiro atoms. The number of nitrogen functional groups attached to an aromatic ring is 1. The summed E-state index contributed by atoms with van der Waals surface area (Å²) < 4.78 is 107. The van der Waals surface area contributed by atoms with E-state index in [0.29, 0.717) is 6.07 Å². The predicted octanol–water partition coefficient (Wildman–Crippen LogP) is 4.69. The molecule has 4 rings (SSSR count). The number of pyridine rings is 2. The van der Waals surface area contributed by atoms with Crippen LogP contribution in [0.25, 0.3) is 11.3 Å². The number of hydrogen-bond acceptors (Lipinski definition) is 8. The minimum absolute atomic E-state index is 0.00394. The van der Waals surface area contributed by atoms with Gasteiger partial charge in [-0.05, 0) is 43.1 Å². The monoisotopic (exact) mass is 644 g/mol. The molecule has 1 aliphatic heterocycles. The van der Waals surface area contributed by atoms with Gasteiger partial charge < -0.3 is 31.5 Å². The van der Waals surface area contributed by atoms with Gasteiger partial charge in [0.05, 0.1) is 16.9 Å². The average Bonchev–Trinajstić information content (AvgIpc) is 2.98. The predicted molar refractivity (Wildman–Crippen MR) is 147 cm³/mol. The third kappa shape index (κ3) is 7.02. The Hall–Kier alpha value is -4.67. The molecule has 3 aromatic rings. The SMILES string of the molecule is Cc1cc(CNc2c(F)c(-c3cc(N)c(F)c(C)c3C(F)(F)F)nc3c2C(=O)NCCNCC[C@H](C(F)F)O3)cnc1C(=O)O. The van der Waals surface area contributed by atoms with Crippen molar-refractivity contribution in [1.29, 1.82) is 0 Å². The lowest BCUT2D eigenvalue weighted by Gasteiger charge is -2.24. The number of carbonyl (C=O) groups excluding carboxylic acids is 1. The van der Waals surface area contributed by atoms with Crippen LogP contribution in [0.3, 0.4) is 0 Å². The number of ether oxygens (including phenoxy) is 1. The Labute approximate surface area is 251 Å². The number of amides is 1. The molecular weight excluding hydrogens is 617 g/mol. The summed E-state index contributed by atoms with van der Waals surface area (Å²) in [7, 11) is 0. The topological polar surface area (TPSA) is 151 Å². The van der Waals surface area contributed by atoms with Crippen molar-refractivity contribution in [3.8, 4) is 17.1 Å². The van der Waals surface area contributed by atoms with Crippen LogP contribution >= 0.6 is 0 Å². The molecule has 0 bridgehead atoms. The number of rotatable bonds is 6. The number of alkyl halides is 5. The van der Waals surface area contributed by atoms with Crippen molar-refractivity contribution < 1.29 is 50.2 Å². The Morgan fingerprint density at radius 3 is 2.51 bits per heavy atom. The van der Waals surface area contributed by atoms with E-state index in [1.807, 2.05) is 0 Å². The first kappa shape index (κ1) is 33.2. The standard InChI is InChI=1S/C28H27F7N6O4/c1-11-7-13(9-39-21(11)27(43)44)10-40-23-17-25(42)38-6-5-37-4-3-16(24(31)32)45-26(17)41-22(20(23)30)14-8-15(36)19(29)12(2)18(14)28(33,34)35/h7-9,16,24,37H,3-6,10,36H2,1-2H3,(H,38,42)(H,40,41)(H,43,44)/t16-/m1/s1. The van der Waals surface area contributed by atoms with Gasteiger partial charge in [-0.2, -0.15) is 13.2 Å². The Morgan fingerprint density at radius 1 is 1.18 bits per heavy atom. The van der Waals surface area contributed by atoms with E-state index in [1.54, 1.807) is 0 Å². The van der Waals surface area contributed by atoms with Gasteiger partial charge in [-0.15, -0.1) is 0 Å². The minimum atomic E-state index is -5.25. The highest BCUT2D eigenvalue weighted by Crippen LogP contribution is 2.44. The van der Waals surface area contributed by atoms with Crippen molar-refractivity contribution in [2.45, 2.75) is 45.5 Å². The number of nitrogens with two attached hydrogens (primary N) is 1. The van der Waals surface area contributed by atoms with Gasteiger partial charge in [0.25, 0.3) is 12.3 Å². The third-order valence-electron chi connectivity index (χ3n) is 6.94. The summed E-state index contributed by atoms with van der Waals surface area (Å²) in [5, 5.41) is 17.1. The van der Waals surface area contributed by atoms with E-state index in [9.17, 15) is 41.0 Å². The quantitative estimate of drug-likeness (QED) is 0.190. The van der Waals surface area contributed by atoms with Gasteiger partial charge in [0.2, 0.25) is 5.88 Å². The van der Waals surface area contributed by atoms with Crippen LogP contribution in [0.4, 0.5) is 42.1 Å². The maximum absolute atomic E-state index is 16.4. The summed E-state index contributed by atoms with van der Waals surface area (Å²) in [5.74, 6) is -6.22. The smallest absolute Gasteiger partial charge is 0.417 e. The second kappa shape index (κ2) is 13.1. The fraction of sp³-hybridized carbons (Fsp3) is 0.357. The average molecular weight is 645 g/mol. The van der Waals surface area contributed by atoms with Gasteiger partial charge in [-0.3, -0.25) is 4.79 Å². The number of hydrogen-bond donors (Lipinski definition) is 5. The highest BCUT2D eigenvalue weighted by Gasteiger charge is 2.40. The third-order valence-corrected chi connectivity index (χ3v) is 6.94. The molecule has 1 aliphatic rings. The molecule has 6 N–H and O–H groups in total. The Bertz CT molecular complexity index is 1630. The van der Waals surface area contributed by atoms with Crippen molar-refractivity contribution >= 4 is 23.3 Å². The summed E-state index contributed by atoms with van der Waals surface area (Å²) >= 11 is 0. The Kier molecular flexibility index (Phi) is 9.70. The molecule has 242 valence electrons. The van der Waals surface area contributed by atoms with Gasteiger partial charge in [-0.25, -0.2) is 32.3 Å². The van der Waals surface area contributed by atoms with E-state index in [4.69, 9.17) is 10.5 Å². The molecule has 0 saturated carbocycles. The first-order valence-electron chi connectivity index (χ1n) is 13.4. The molecule has 2 aromatic heterocycles. The second-order valence-corrected chi connectivity index (χ2v) is 10.1. The number of carbonyl (C=O) groups is 2. The Morgan fingerprint density at radius 2 is 1.89 bits per heavy atom. The molecule has 0 saturated heterocycles. The van der Waals surface area contributed by atoms with Crippen LogP contribution in [0.5, 0.6) is 5.88 Å². The number of carboxylic acid groups (broad SMARTS) is 1. The molecule has 45 heavy (non-hydrogen) atoms. The van der Waals surface area contributed by atoms with Crippen molar-refractivity contribution in [3.05, 3.63) is 63.5 Å². The fourth-order valence-corrected chi connectivity index (χ4v) is 4.80. The van der Waals surface area contributed by atoms with Gasteiger partial charge in [-0.1, -0.05) is 6.07 Å². The number of anilines is 2. The number of aromatic carboxylic acids is 1. The molecule has 1 atom stereocenters. The van der Waals surface area contributed by atoms with E-state index < -0.39 is 87.4 Å². The number of benzene rings is 1. The zero-order valence-electron chi connectivity index (χ0n) is 23.7. The molecule has 1 amide bonds. The van der Waals surface area contributed by atoms with Crippen molar-refractivity contribution in [3.63, 3.8) is 0 Å². The zero-order valence-corrected chi connectivity index (χ0v) is 23.7. The van der Waals surface area contributed by atoms with Crippen molar-refractivity contribution in [2.24, 2.45) is 0 Å².